The highest BCUT2D eigenvalue weighted by molar-refractivity contribution is 7.98. The number of hydrogen-bond donors (Lipinski definition) is 2. The number of anilines is 1. The lowest BCUT2D eigenvalue weighted by Crippen LogP contribution is -2.36. The predicted molar refractivity (Wildman–Crippen MR) is 106 cm³/mol. The molecule has 0 atom stereocenters. The van der Waals surface area contributed by atoms with Crippen molar-refractivity contribution in [2.75, 3.05) is 32.3 Å². The second-order valence-corrected chi connectivity index (χ2v) is 7.30. The fourth-order valence-corrected chi connectivity index (χ4v) is 3.62. The number of guanidine groups is 1. The van der Waals surface area contributed by atoms with E-state index in [4.69, 9.17) is 0 Å². The molecule has 0 saturated heterocycles. The average Bonchev–Trinajstić information content (AvgIpc) is 3.05. The van der Waals surface area contributed by atoms with E-state index in [2.05, 4.69) is 57.4 Å². The van der Waals surface area contributed by atoms with Crippen molar-refractivity contribution in [3.05, 3.63) is 40.4 Å². The van der Waals surface area contributed by atoms with Gasteiger partial charge in [0, 0.05) is 38.0 Å². The Morgan fingerprint density at radius 1 is 1.29 bits per heavy atom. The minimum absolute atomic E-state index is 0.660. The number of hydrogen-bond acceptors (Lipinski definition) is 5. The van der Waals surface area contributed by atoms with E-state index in [1.807, 2.05) is 19.0 Å². The van der Waals surface area contributed by atoms with E-state index in [1.165, 1.54) is 16.0 Å². The molecule has 2 N–H and O–H groups in total. The van der Waals surface area contributed by atoms with Crippen LogP contribution in [0.3, 0.4) is 0 Å². The third-order valence-corrected chi connectivity index (χ3v) is 5.35. The van der Waals surface area contributed by atoms with E-state index in [0.29, 0.717) is 6.54 Å². The zero-order chi connectivity index (χ0) is 17.5. The monoisotopic (exact) mass is 363 g/mol. The summed E-state index contributed by atoms with van der Waals surface area (Å²) in [6.45, 7) is 3.52. The SMILES string of the molecule is CN=C(NCc1csc(N(C)C)n1)NCc1ccc(C)cc1SC. The van der Waals surface area contributed by atoms with Crippen molar-refractivity contribution in [2.45, 2.75) is 24.9 Å². The summed E-state index contributed by atoms with van der Waals surface area (Å²) in [5, 5.41) is 9.77. The normalized spacial score (nSPS) is 11.5. The van der Waals surface area contributed by atoms with Crippen LogP contribution in [0.15, 0.2) is 33.5 Å². The summed E-state index contributed by atoms with van der Waals surface area (Å²) < 4.78 is 0. The molecule has 0 unspecified atom stereocenters. The van der Waals surface area contributed by atoms with Crippen LogP contribution in [0.25, 0.3) is 0 Å². The summed E-state index contributed by atoms with van der Waals surface area (Å²) in [4.78, 5) is 12.2. The zero-order valence-corrected chi connectivity index (χ0v) is 16.5. The largest absolute Gasteiger partial charge is 0.354 e. The highest BCUT2D eigenvalue weighted by Crippen LogP contribution is 2.21. The Hall–Kier alpha value is -1.73. The number of thiazole rings is 1. The third-order valence-electron chi connectivity index (χ3n) is 3.47. The molecule has 7 heteroatoms. The standard InChI is InChI=1S/C17H25N5S2/c1-12-6-7-13(15(8-12)23-5)9-19-16(18-2)20-10-14-11-24-17(21-14)22(3)4/h6-8,11H,9-10H2,1-5H3,(H2,18,19,20). The Balaban J connectivity index is 1.90. The van der Waals surface area contributed by atoms with Gasteiger partial charge in [-0.15, -0.1) is 23.1 Å². The molecular formula is C17H25N5S2. The number of rotatable bonds is 6. The molecule has 24 heavy (non-hydrogen) atoms. The quantitative estimate of drug-likeness (QED) is 0.469. The van der Waals surface area contributed by atoms with Crippen molar-refractivity contribution in [3.8, 4) is 0 Å². The van der Waals surface area contributed by atoms with Crippen molar-refractivity contribution in [1.82, 2.24) is 15.6 Å². The van der Waals surface area contributed by atoms with Gasteiger partial charge in [0.2, 0.25) is 0 Å². The second kappa shape index (κ2) is 8.94. The molecule has 0 aliphatic heterocycles. The molecule has 1 heterocycles. The summed E-state index contributed by atoms with van der Waals surface area (Å²) in [6, 6.07) is 6.53. The first-order valence-corrected chi connectivity index (χ1v) is 9.83. The maximum Gasteiger partial charge on any atom is 0.191 e. The minimum Gasteiger partial charge on any atom is -0.354 e. The van der Waals surface area contributed by atoms with Gasteiger partial charge in [-0.3, -0.25) is 4.99 Å². The van der Waals surface area contributed by atoms with Gasteiger partial charge in [-0.2, -0.15) is 0 Å². The topological polar surface area (TPSA) is 52.6 Å². The Kier molecular flexibility index (Phi) is 6.93. The molecule has 130 valence electrons. The van der Waals surface area contributed by atoms with Gasteiger partial charge in [-0.25, -0.2) is 4.98 Å². The molecular weight excluding hydrogens is 338 g/mol. The van der Waals surface area contributed by atoms with Gasteiger partial charge in [0.05, 0.1) is 12.2 Å². The van der Waals surface area contributed by atoms with Crippen LogP contribution in [0.5, 0.6) is 0 Å². The van der Waals surface area contributed by atoms with Crippen LogP contribution >= 0.6 is 23.1 Å². The third kappa shape index (κ3) is 5.14. The molecule has 1 aromatic heterocycles. The second-order valence-electron chi connectivity index (χ2n) is 5.61. The molecule has 0 bridgehead atoms. The molecule has 0 aliphatic carbocycles. The maximum atomic E-state index is 4.57. The first-order valence-electron chi connectivity index (χ1n) is 7.73. The Labute approximate surface area is 152 Å². The molecule has 0 amide bonds. The van der Waals surface area contributed by atoms with Gasteiger partial charge in [-0.05, 0) is 30.4 Å². The Bertz CT molecular complexity index is 694. The van der Waals surface area contributed by atoms with Crippen LogP contribution in [-0.2, 0) is 13.1 Å². The minimum atomic E-state index is 0.660. The molecule has 0 spiro atoms. The van der Waals surface area contributed by atoms with Gasteiger partial charge in [0.25, 0.3) is 0 Å². The average molecular weight is 364 g/mol. The van der Waals surface area contributed by atoms with Crippen LogP contribution in [-0.4, -0.2) is 38.3 Å². The molecule has 0 saturated carbocycles. The molecule has 1 aromatic carbocycles. The smallest absolute Gasteiger partial charge is 0.191 e. The number of nitrogens with one attached hydrogen (secondary N) is 2. The Morgan fingerprint density at radius 3 is 2.67 bits per heavy atom. The molecule has 5 nitrogen and oxygen atoms in total. The summed E-state index contributed by atoms with van der Waals surface area (Å²) in [6.07, 6.45) is 2.11. The number of aliphatic imine (C=N–C) groups is 1. The summed E-state index contributed by atoms with van der Waals surface area (Å²) in [7, 11) is 5.79. The number of aryl methyl sites for hydroxylation is 1. The lowest BCUT2D eigenvalue weighted by molar-refractivity contribution is 0.791. The van der Waals surface area contributed by atoms with Gasteiger partial charge in [0.1, 0.15) is 0 Å². The summed E-state index contributed by atoms with van der Waals surface area (Å²) >= 11 is 3.42. The lowest BCUT2D eigenvalue weighted by atomic mass is 10.1. The van der Waals surface area contributed by atoms with Crippen LogP contribution in [0, 0.1) is 6.92 Å². The van der Waals surface area contributed by atoms with Crippen LogP contribution in [0.1, 0.15) is 16.8 Å². The van der Waals surface area contributed by atoms with Gasteiger partial charge in [-0.1, -0.05) is 12.1 Å². The molecule has 0 fully saturated rings. The van der Waals surface area contributed by atoms with E-state index in [9.17, 15) is 0 Å². The van der Waals surface area contributed by atoms with Gasteiger partial charge < -0.3 is 15.5 Å². The number of thioether (sulfide) groups is 1. The van der Waals surface area contributed by atoms with Crippen LogP contribution < -0.4 is 15.5 Å². The Morgan fingerprint density at radius 2 is 2.04 bits per heavy atom. The predicted octanol–water partition coefficient (Wildman–Crippen LogP) is 3.10. The van der Waals surface area contributed by atoms with Crippen molar-refractivity contribution >= 4 is 34.2 Å². The van der Waals surface area contributed by atoms with E-state index in [0.717, 1.165) is 23.3 Å². The van der Waals surface area contributed by atoms with E-state index < -0.39 is 0 Å². The number of aromatic nitrogens is 1. The highest BCUT2D eigenvalue weighted by atomic mass is 32.2. The first kappa shape index (κ1) is 18.6. The first-order chi connectivity index (χ1) is 11.5. The fourth-order valence-electron chi connectivity index (χ4n) is 2.15. The lowest BCUT2D eigenvalue weighted by Gasteiger charge is -2.13. The molecule has 2 aromatic rings. The van der Waals surface area contributed by atoms with E-state index in [1.54, 1.807) is 30.1 Å². The molecule has 0 radical (unpaired) electrons. The van der Waals surface area contributed by atoms with Crippen LogP contribution in [0.2, 0.25) is 0 Å². The van der Waals surface area contributed by atoms with Crippen molar-refractivity contribution in [1.29, 1.82) is 0 Å². The van der Waals surface area contributed by atoms with Crippen LogP contribution in [0.4, 0.5) is 5.13 Å². The van der Waals surface area contributed by atoms with E-state index in [-0.39, 0.29) is 0 Å². The van der Waals surface area contributed by atoms with Gasteiger partial charge >= 0.3 is 0 Å². The summed E-state index contributed by atoms with van der Waals surface area (Å²) in [5.74, 6) is 0.780. The van der Waals surface area contributed by atoms with Crippen molar-refractivity contribution < 1.29 is 0 Å². The number of benzene rings is 1. The van der Waals surface area contributed by atoms with Gasteiger partial charge in [0.15, 0.2) is 11.1 Å². The summed E-state index contributed by atoms with van der Waals surface area (Å²) in [5.41, 5.74) is 3.58. The highest BCUT2D eigenvalue weighted by Gasteiger charge is 2.06. The molecule has 2 rings (SSSR count). The van der Waals surface area contributed by atoms with Crippen molar-refractivity contribution in [3.63, 3.8) is 0 Å². The maximum absolute atomic E-state index is 4.57. The zero-order valence-electron chi connectivity index (χ0n) is 14.9. The van der Waals surface area contributed by atoms with E-state index >= 15 is 0 Å². The number of nitrogens with zero attached hydrogens (tertiary/aromatic N) is 3. The fraction of sp³-hybridized carbons (Fsp3) is 0.412. The molecule has 0 aliphatic rings. The van der Waals surface area contributed by atoms with Crippen molar-refractivity contribution in [2.24, 2.45) is 4.99 Å².